The Bertz CT molecular complexity index is 471. The number of amides is 1. The molecule has 2 N–H and O–H groups in total. The zero-order chi connectivity index (χ0) is 14.6. The van der Waals surface area contributed by atoms with Crippen LogP contribution in [-0.2, 0) is 0 Å². The van der Waals surface area contributed by atoms with Crippen LogP contribution in [0.5, 0.6) is 0 Å². The number of anilines is 1. The number of carbonyl (C=O) groups excluding carboxylic acids is 1. The lowest BCUT2D eigenvalue weighted by Crippen LogP contribution is -2.41. The molecule has 1 saturated carbocycles. The normalized spacial score (nSPS) is 20.6. The molecule has 0 saturated heterocycles. The summed E-state index contributed by atoms with van der Waals surface area (Å²) in [5.74, 6) is 0.666. The summed E-state index contributed by atoms with van der Waals surface area (Å²) in [4.78, 5) is 16.8. The lowest BCUT2D eigenvalue weighted by atomic mass is 9.87. The second-order valence-corrected chi connectivity index (χ2v) is 6.23. The Hall–Kier alpha value is -1.58. The van der Waals surface area contributed by atoms with Crippen molar-refractivity contribution in [3.05, 3.63) is 23.9 Å². The van der Waals surface area contributed by atoms with Crippen molar-refractivity contribution in [2.45, 2.75) is 52.5 Å². The van der Waals surface area contributed by atoms with Gasteiger partial charge in [0.1, 0.15) is 5.82 Å². The molecule has 1 atom stereocenters. The predicted octanol–water partition coefficient (Wildman–Crippen LogP) is 3.21. The number of pyridine rings is 1. The van der Waals surface area contributed by atoms with Crippen molar-refractivity contribution in [3.63, 3.8) is 0 Å². The highest BCUT2D eigenvalue weighted by Gasteiger charge is 2.35. The van der Waals surface area contributed by atoms with E-state index in [-0.39, 0.29) is 17.4 Å². The van der Waals surface area contributed by atoms with Gasteiger partial charge >= 0.3 is 0 Å². The molecule has 1 aliphatic rings. The molecule has 1 aromatic heterocycles. The molecule has 1 unspecified atom stereocenters. The molecule has 2 rings (SSSR count). The van der Waals surface area contributed by atoms with E-state index in [1.54, 1.807) is 6.20 Å². The fourth-order valence-corrected chi connectivity index (χ4v) is 2.80. The van der Waals surface area contributed by atoms with Gasteiger partial charge in [0.2, 0.25) is 0 Å². The maximum Gasteiger partial charge on any atom is 0.255 e. The monoisotopic (exact) mass is 275 g/mol. The summed E-state index contributed by atoms with van der Waals surface area (Å²) in [6, 6.07) is 3.91. The number of hydrogen-bond donors (Lipinski definition) is 2. The highest BCUT2D eigenvalue weighted by molar-refractivity contribution is 5.98. The first kappa shape index (κ1) is 14.8. The quantitative estimate of drug-likeness (QED) is 0.867. The Balaban J connectivity index is 2.09. The highest BCUT2D eigenvalue weighted by Crippen LogP contribution is 2.37. The average Bonchev–Trinajstić information content (AvgIpc) is 2.76. The zero-order valence-corrected chi connectivity index (χ0v) is 12.7. The molecular formula is C16H25N3O. The Morgan fingerprint density at radius 3 is 2.95 bits per heavy atom. The van der Waals surface area contributed by atoms with Crippen LogP contribution in [0.1, 0.15) is 56.8 Å². The first-order valence-electron chi connectivity index (χ1n) is 7.54. The molecule has 4 heteroatoms. The molecule has 0 radical (unpaired) electrons. The number of aromatic nitrogens is 1. The minimum Gasteiger partial charge on any atom is -0.369 e. The summed E-state index contributed by atoms with van der Waals surface area (Å²) in [6.07, 6.45) is 6.15. The third-order valence-corrected chi connectivity index (χ3v) is 4.16. The van der Waals surface area contributed by atoms with Crippen LogP contribution >= 0.6 is 0 Å². The van der Waals surface area contributed by atoms with E-state index in [4.69, 9.17) is 0 Å². The smallest absolute Gasteiger partial charge is 0.255 e. The van der Waals surface area contributed by atoms with Crippen LogP contribution < -0.4 is 10.6 Å². The maximum absolute atomic E-state index is 12.5. The second-order valence-electron chi connectivity index (χ2n) is 6.23. The molecule has 1 aliphatic carbocycles. The van der Waals surface area contributed by atoms with Gasteiger partial charge in [0.15, 0.2) is 0 Å². The molecule has 20 heavy (non-hydrogen) atoms. The van der Waals surface area contributed by atoms with Gasteiger partial charge in [0.25, 0.3) is 5.91 Å². The summed E-state index contributed by atoms with van der Waals surface area (Å²) in [5, 5.41) is 6.40. The molecule has 1 aromatic rings. The average molecular weight is 275 g/mol. The molecule has 4 nitrogen and oxygen atoms in total. The van der Waals surface area contributed by atoms with E-state index < -0.39 is 0 Å². The second kappa shape index (κ2) is 6.25. The van der Waals surface area contributed by atoms with Crippen LogP contribution in [0.15, 0.2) is 18.3 Å². The molecular weight excluding hydrogens is 250 g/mol. The van der Waals surface area contributed by atoms with Gasteiger partial charge < -0.3 is 10.6 Å². The van der Waals surface area contributed by atoms with Gasteiger partial charge in [0.05, 0.1) is 5.56 Å². The van der Waals surface area contributed by atoms with Crippen molar-refractivity contribution >= 4 is 11.7 Å². The lowest BCUT2D eigenvalue weighted by molar-refractivity contribution is 0.0910. The number of carbonyl (C=O) groups is 1. The molecule has 1 heterocycles. The number of hydrogen-bond acceptors (Lipinski definition) is 3. The molecule has 1 amide bonds. The minimum absolute atomic E-state index is 0.0170. The van der Waals surface area contributed by atoms with Crippen molar-refractivity contribution in [2.75, 3.05) is 11.9 Å². The molecule has 0 spiro atoms. The zero-order valence-electron chi connectivity index (χ0n) is 12.7. The summed E-state index contributed by atoms with van der Waals surface area (Å²) in [7, 11) is 0. The van der Waals surface area contributed by atoms with E-state index >= 15 is 0 Å². The molecule has 0 bridgehead atoms. The number of rotatable bonds is 5. The van der Waals surface area contributed by atoms with E-state index in [0.717, 1.165) is 19.4 Å². The summed E-state index contributed by atoms with van der Waals surface area (Å²) < 4.78 is 0. The van der Waals surface area contributed by atoms with Crippen LogP contribution in [0.4, 0.5) is 5.82 Å². The van der Waals surface area contributed by atoms with Crippen molar-refractivity contribution in [1.82, 2.24) is 10.3 Å². The maximum atomic E-state index is 12.5. The lowest BCUT2D eigenvalue weighted by Gasteiger charge is -2.28. The van der Waals surface area contributed by atoms with Crippen molar-refractivity contribution < 1.29 is 4.79 Å². The van der Waals surface area contributed by atoms with Gasteiger partial charge in [-0.3, -0.25) is 4.79 Å². The van der Waals surface area contributed by atoms with E-state index in [1.165, 1.54) is 12.8 Å². The summed E-state index contributed by atoms with van der Waals surface area (Å²) >= 11 is 0. The minimum atomic E-state index is -0.0170. The van der Waals surface area contributed by atoms with E-state index in [1.807, 2.05) is 12.1 Å². The number of nitrogens with zero attached hydrogens (tertiary/aromatic N) is 1. The SMILES string of the molecule is CCCNc1ncccc1C(=O)NC1CCCC1(C)C. The summed E-state index contributed by atoms with van der Waals surface area (Å²) in [6.45, 7) is 7.37. The Morgan fingerprint density at radius 1 is 1.50 bits per heavy atom. The topological polar surface area (TPSA) is 54.0 Å². The largest absolute Gasteiger partial charge is 0.369 e. The van der Waals surface area contributed by atoms with Gasteiger partial charge in [-0.2, -0.15) is 0 Å². The van der Waals surface area contributed by atoms with Crippen LogP contribution in [0.3, 0.4) is 0 Å². The molecule has 110 valence electrons. The summed E-state index contributed by atoms with van der Waals surface area (Å²) in [5.41, 5.74) is 0.832. The van der Waals surface area contributed by atoms with Crippen LogP contribution in [0, 0.1) is 5.41 Å². The Labute approximate surface area is 121 Å². The van der Waals surface area contributed by atoms with Crippen LogP contribution in [0.2, 0.25) is 0 Å². The van der Waals surface area contributed by atoms with E-state index in [2.05, 4.69) is 36.4 Å². The Morgan fingerprint density at radius 2 is 2.30 bits per heavy atom. The standard InChI is InChI=1S/C16H25N3O/c1-4-10-17-14-12(7-6-11-18-14)15(20)19-13-8-5-9-16(13,2)3/h6-7,11,13H,4-5,8-10H2,1-3H3,(H,17,18)(H,19,20). The molecule has 0 aromatic carbocycles. The third kappa shape index (κ3) is 3.30. The first-order chi connectivity index (χ1) is 9.54. The fraction of sp³-hybridized carbons (Fsp3) is 0.625. The van der Waals surface area contributed by atoms with Gasteiger partial charge in [-0.1, -0.05) is 27.2 Å². The molecule has 1 fully saturated rings. The third-order valence-electron chi connectivity index (χ3n) is 4.16. The van der Waals surface area contributed by atoms with Crippen molar-refractivity contribution in [3.8, 4) is 0 Å². The van der Waals surface area contributed by atoms with Gasteiger partial charge in [-0.15, -0.1) is 0 Å². The first-order valence-corrected chi connectivity index (χ1v) is 7.54. The van der Waals surface area contributed by atoms with Gasteiger partial charge in [-0.05, 0) is 36.8 Å². The fourth-order valence-electron chi connectivity index (χ4n) is 2.80. The van der Waals surface area contributed by atoms with Crippen molar-refractivity contribution in [1.29, 1.82) is 0 Å². The van der Waals surface area contributed by atoms with E-state index in [9.17, 15) is 4.79 Å². The van der Waals surface area contributed by atoms with Crippen molar-refractivity contribution in [2.24, 2.45) is 5.41 Å². The van der Waals surface area contributed by atoms with Gasteiger partial charge in [0, 0.05) is 18.8 Å². The highest BCUT2D eigenvalue weighted by atomic mass is 16.1. The van der Waals surface area contributed by atoms with E-state index in [0.29, 0.717) is 11.4 Å². The van der Waals surface area contributed by atoms with Crippen LogP contribution in [0.25, 0.3) is 0 Å². The molecule has 0 aliphatic heterocycles. The van der Waals surface area contributed by atoms with Crippen LogP contribution in [-0.4, -0.2) is 23.5 Å². The predicted molar refractivity (Wildman–Crippen MR) is 81.9 cm³/mol. The number of nitrogens with one attached hydrogen (secondary N) is 2. The Kier molecular flexibility index (Phi) is 4.63. The van der Waals surface area contributed by atoms with Gasteiger partial charge in [-0.25, -0.2) is 4.98 Å².